The van der Waals surface area contributed by atoms with E-state index in [1.54, 1.807) is 0 Å². The van der Waals surface area contributed by atoms with Gasteiger partial charge in [0.05, 0.1) is 5.56 Å². The predicted molar refractivity (Wildman–Crippen MR) is 93.5 cm³/mol. The molecule has 1 saturated heterocycles. The molecule has 1 fully saturated rings. The van der Waals surface area contributed by atoms with Gasteiger partial charge in [-0.15, -0.1) is 0 Å². The van der Waals surface area contributed by atoms with Crippen LogP contribution in [0.3, 0.4) is 0 Å². The van der Waals surface area contributed by atoms with E-state index in [4.69, 9.17) is 0 Å². The van der Waals surface area contributed by atoms with Crippen LogP contribution in [0.25, 0.3) is 0 Å². The summed E-state index contributed by atoms with van der Waals surface area (Å²) >= 11 is 2.24. The van der Waals surface area contributed by atoms with Crippen LogP contribution in [0.15, 0.2) is 54.6 Å². The largest absolute Gasteiger partial charge is 0.339 e. The van der Waals surface area contributed by atoms with Crippen LogP contribution in [-0.4, -0.2) is 23.9 Å². The minimum atomic E-state index is 0.173. The molecule has 0 spiro atoms. The lowest BCUT2D eigenvalue weighted by atomic mass is 9.89. The second-order valence-corrected chi connectivity index (χ2v) is 6.62. The number of piperidine rings is 1. The maximum Gasteiger partial charge on any atom is 0.254 e. The van der Waals surface area contributed by atoms with Crippen molar-refractivity contribution < 1.29 is 4.79 Å². The normalized spacial score (nSPS) is 16.0. The predicted octanol–water partition coefficient (Wildman–Crippen LogP) is 4.31. The summed E-state index contributed by atoms with van der Waals surface area (Å²) in [7, 11) is 0. The van der Waals surface area contributed by atoms with Crippen molar-refractivity contribution in [2.24, 2.45) is 0 Å². The Morgan fingerprint density at radius 1 is 0.952 bits per heavy atom. The van der Waals surface area contributed by atoms with E-state index in [0.717, 1.165) is 35.1 Å². The Kier molecular flexibility index (Phi) is 4.58. The minimum absolute atomic E-state index is 0.173. The van der Waals surface area contributed by atoms with Gasteiger partial charge in [0.15, 0.2) is 0 Å². The third kappa shape index (κ3) is 3.28. The highest BCUT2D eigenvalue weighted by molar-refractivity contribution is 14.1. The molecule has 0 aliphatic carbocycles. The molecule has 1 aliphatic rings. The zero-order chi connectivity index (χ0) is 14.7. The minimum Gasteiger partial charge on any atom is -0.339 e. The Balaban J connectivity index is 1.66. The van der Waals surface area contributed by atoms with E-state index in [-0.39, 0.29) is 5.91 Å². The molecule has 0 saturated carbocycles. The van der Waals surface area contributed by atoms with Gasteiger partial charge in [-0.3, -0.25) is 4.79 Å². The van der Waals surface area contributed by atoms with Crippen molar-refractivity contribution in [3.8, 4) is 0 Å². The van der Waals surface area contributed by atoms with Gasteiger partial charge in [0.2, 0.25) is 0 Å². The van der Waals surface area contributed by atoms with Crippen LogP contribution in [0.4, 0.5) is 0 Å². The molecule has 2 aromatic rings. The summed E-state index contributed by atoms with van der Waals surface area (Å²) in [4.78, 5) is 14.6. The first-order valence-electron chi connectivity index (χ1n) is 7.34. The topological polar surface area (TPSA) is 20.3 Å². The van der Waals surface area contributed by atoms with Gasteiger partial charge in [-0.1, -0.05) is 42.5 Å². The fourth-order valence-corrected chi connectivity index (χ4v) is 3.56. The van der Waals surface area contributed by atoms with Crippen LogP contribution in [-0.2, 0) is 0 Å². The first-order chi connectivity index (χ1) is 10.3. The van der Waals surface area contributed by atoms with Crippen LogP contribution in [0.5, 0.6) is 0 Å². The first kappa shape index (κ1) is 14.6. The molecule has 3 heteroatoms. The maximum absolute atomic E-state index is 12.6. The summed E-state index contributed by atoms with van der Waals surface area (Å²) in [6, 6.07) is 18.5. The molecule has 1 amide bonds. The van der Waals surface area contributed by atoms with E-state index >= 15 is 0 Å². The molecular weight excluding hydrogens is 373 g/mol. The molecule has 0 unspecified atom stereocenters. The number of carbonyl (C=O) groups excluding carboxylic acids is 1. The fourth-order valence-electron chi connectivity index (χ4n) is 2.95. The molecule has 0 N–H and O–H groups in total. The van der Waals surface area contributed by atoms with E-state index in [1.807, 2.05) is 29.2 Å². The molecule has 21 heavy (non-hydrogen) atoms. The highest BCUT2D eigenvalue weighted by Gasteiger charge is 2.25. The maximum atomic E-state index is 12.6. The molecule has 1 aliphatic heterocycles. The zero-order valence-electron chi connectivity index (χ0n) is 11.8. The molecule has 0 radical (unpaired) electrons. The SMILES string of the molecule is O=C(c1ccccc1I)N1CCC(c2ccccc2)CC1. The Labute approximate surface area is 139 Å². The fraction of sp³-hybridized carbons (Fsp3) is 0.278. The number of carbonyl (C=O) groups is 1. The number of benzene rings is 2. The van der Waals surface area contributed by atoms with Crippen molar-refractivity contribution in [1.29, 1.82) is 0 Å². The summed E-state index contributed by atoms with van der Waals surface area (Å²) in [5.41, 5.74) is 2.23. The molecule has 0 bridgehead atoms. The van der Waals surface area contributed by atoms with E-state index in [1.165, 1.54) is 5.56 Å². The number of rotatable bonds is 2. The first-order valence-corrected chi connectivity index (χ1v) is 8.42. The molecule has 0 aromatic heterocycles. The highest BCUT2D eigenvalue weighted by Crippen LogP contribution is 2.28. The summed E-state index contributed by atoms with van der Waals surface area (Å²) in [5.74, 6) is 0.761. The summed E-state index contributed by atoms with van der Waals surface area (Å²) < 4.78 is 1.03. The number of nitrogens with zero attached hydrogens (tertiary/aromatic N) is 1. The van der Waals surface area contributed by atoms with Gasteiger partial charge in [-0.25, -0.2) is 0 Å². The third-order valence-electron chi connectivity index (χ3n) is 4.16. The van der Waals surface area contributed by atoms with Crippen molar-refractivity contribution >= 4 is 28.5 Å². The monoisotopic (exact) mass is 391 g/mol. The van der Waals surface area contributed by atoms with E-state index in [9.17, 15) is 4.79 Å². The third-order valence-corrected chi connectivity index (χ3v) is 5.10. The summed E-state index contributed by atoms with van der Waals surface area (Å²) in [6.07, 6.45) is 2.11. The number of hydrogen-bond donors (Lipinski definition) is 0. The lowest BCUT2D eigenvalue weighted by molar-refractivity contribution is 0.0712. The lowest BCUT2D eigenvalue weighted by Gasteiger charge is -2.32. The Bertz CT molecular complexity index is 618. The van der Waals surface area contributed by atoms with Gasteiger partial charge >= 0.3 is 0 Å². The quantitative estimate of drug-likeness (QED) is 0.699. The molecule has 2 aromatic carbocycles. The van der Waals surface area contributed by atoms with Gasteiger partial charge in [-0.05, 0) is 59.0 Å². The average molecular weight is 391 g/mol. The molecule has 2 nitrogen and oxygen atoms in total. The van der Waals surface area contributed by atoms with Gasteiger partial charge in [0.1, 0.15) is 0 Å². The van der Waals surface area contributed by atoms with E-state index < -0.39 is 0 Å². The van der Waals surface area contributed by atoms with Gasteiger partial charge in [0.25, 0.3) is 5.91 Å². The highest BCUT2D eigenvalue weighted by atomic mass is 127. The average Bonchev–Trinajstić information content (AvgIpc) is 2.56. The van der Waals surface area contributed by atoms with Crippen molar-refractivity contribution in [2.75, 3.05) is 13.1 Å². The molecule has 3 rings (SSSR count). The van der Waals surface area contributed by atoms with Crippen molar-refractivity contribution in [2.45, 2.75) is 18.8 Å². The molecule has 108 valence electrons. The van der Waals surface area contributed by atoms with Crippen LogP contribution in [0.2, 0.25) is 0 Å². The second kappa shape index (κ2) is 6.60. The number of hydrogen-bond acceptors (Lipinski definition) is 1. The smallest absolute Gasteiger partial charge is 0.254 e. The van der Waals surface area contributed by atoms with Crippen LogP contribution in [0, 0.1) is 3.57 Å². The van der Waals surface area contributed by atoms with Crippen LogP contribution >= 0.6 is 22.6 Å². The van der Waals surface area contributed by atoms with Crippen molar-refractivity contribution in [1.82, 2.24) is 4.90 Å². The van der Waals surface area contributed by atoms with Crippen molar-refractivity contribution in [3.05, 3.63) is 69.3 Å². The van der Waals surface area contributed by atoms with Crippen molar-refractivity contribution in [3.63, 3.8) is 0 Å². The zero-order valence-corrected chi connectivity index (χ0v) is 14.0. The summed E-state index contributed by atoms with van der Waals surface area (Å²) in [5, 5.41) is 0. The number of likely N-dealkylation sites (tertiary alicyclic amines) is 1. The molecule has 1 heterocycles. The molecule has 0 atom stereocenters. The Morgan fingerprint density at radius 3 is 2.24 bits per heavy atom. The van der Waals surface area contributed by atoms with Crippen LogP contribution in [0.1, 0.15) is 34.7 Å². The Hall–Kier alpha value is -1.36. The van der Waals surface area contributed by atoms with Crippen LogP contribution < -0.4 is 0 Å². The van der Waals surface area contributed by atoms with Gasteiger partial charge < -0.3 is 4.90 Å². The van der Waals surface area contributed by atoms with Gasteiger partial charge in [0, 0.05) is 16.7 Å². The van der Waals surface area contributed by atoms with Gasteiger partial charge in [-0.2, -0.15) is 0 Å². The standard InChI is InChI=1S/C18H18INO/c19-17-9-5-4-8-16(17)18(21)20-12-10-15(11-13-20)14-6-2-1-3-7-14/h1-9,15H,10-13H2. The Morgan fingerprint density at radius 2 is 1.57 bits per heavy atom. The van der Waals surface area contributed by atoms with E-state index in [2.05, 4.69) is 52.9 Å². The number of amides is 1. The second-order valence-electron chi connectivity index (χ2n) is 5.46. The molecular formula is C18H18INO. The summed E-state index contributed by atoms with van der Waals surface area (Å²) in [6.45, 7) is 1.70. The van der Waals surface area contributed by atoms with E-state index in [0.29, 0.717) is 5.92 Å². The lowest BCUT2D eigenvalue weighted by Crippen LogP contribution is -2.38. The number of halogens is 1.